The Morgan fingerprint density at radius 2 is 1.91 bits per heavy atom. The molecule has 2 rings (SSSR count). The highest BCUT2D eigenvalue weighted by atomic mass is 16.5. The first kappa shape index (κ1) is 16.9. The summed E-state index contributed by atoms with van der Waals surface area (Å²) in [6.07, 6.45) is 2.01. The molecule has 0 fully saturated rings. The van der Waals surface area contributed by atoms with E-state index in [1.165, 1.54) is 0 Å². The van der Waals surface area contributed by atoms with Crippen molar-refractivity contribution in [3.63, 3.8) is 0 Å². The number of benzene rings is 1. The van der Waals surface area contributed by atoms with E-state index >= 15 is 0 Å². The van der Waals surface area contributed by atoms with Crippen LogP contribution < -0.4 is 14.8 Å². The van der Waals surface area contributed by atoms with Crippen molar-refractivity contribution in [3.05, 3.63) is 41.7 Å². The number of nitrogens with zero attached hydrogens (tertiary/aromatic N) is 2. The van der Waals surface area contributed by atoms with Crippen molar-refractivity contribution in [2.45, 2.75) is 26.8 Å². The van der Waals surface area contributed by atoms with Gasteiger partial charge in [-0.1, -0.05) is 6.07 Å². The summed E-state index contributed by atoms with van der Waals surface area (Å²) < 4.78 is 12.8. The fourth-order valence-electron chi connectivity index (χ4n) is 2.22. The average molecular weight is 317 g/mol. The molecule has 1 aromatic heterocycles. The number of hydrogen-bond donors (Lipinski definition) is 1. The minimum Gasteiger partial charge on any atom is -0.490 e. The van der Waals surface area contributed by atoms with E-state index in [-0.39, 0.29) is 5.91 Å². The lowest BCUT2D eigenvalue weighted by Gasteiger charge is -2.12. The van der Waals surface area contributed by atoms with Crippen molar-refractivity contribution in [2.75, 3.05) is 13.2 Å². The molecule has 6 nitrogen and oxygen atoms in total. The molecule has 0 bridgehead atoms. The lowest BCUT2D eigenvalue weighted by Crippen LogP contribution is -2.25. The van der Waals surface area contributed by atoms with Crippen LogP contribution in [0.4, 0.5) is 0 Å². The van der Waals surface area contributed by atoms with E-state index in [1.54, 1.807) is 10.9 Å². The number of aryl methyl sites for hydroxylation is 1. The molecule has 0 aliphatic rings. The molecule has 1 heterocycles. The molecule has 0 aliphatic heterocycles. The van der Waals surface area contributed by atoms with Gasteiger partial charge in [0.2, 0.25) is 5.91 Å². The predicted molar refractivity (Wildman–Crippen MR) is 87.5 cm³/mol. The van der Waals surface area contributed by atoms with Gasteiger partial charge in [0.25, 0.3) is 0 Å². The SMILES string of the molecule is CCOc1ccc(CC(=O)NCc2ccnn2C)cc1OCC. The lowest BCUT2D eigenvalue weighted by molar-refractivity contribution is -0.120. The van der Waals surface area contributed by atoms with Crippen LogP contribution in [-0.2, 0) is 24.8 Å². The standard InChI is InChI=1S/C17H23N3O3/c1-4-22-15-7-6-13(10-16(15)23-5-2)11-17(21)18-12-14-8-9-19-20(14)3/h6-10H,4-5,11-12H2,1-3H3,(H,18,21). The van der Waals surface area contributed by atoms with Crippen LogP contribution >= 0.6 is 0 Å². The number of hydrogen-bond acceptors (Lipinski definition) is 4. The number of aromatic nitrogens is 2. The quantitative estimate of drug-likeness (QED) is 0.809. The van der Waals surface area contributed by atoms with E-state index in [0.717, 1.165) is 11.3 Å². The first-order valence-electron chi connectivity index (χ1n) is 7.76. The molecule has 1 aromatic carbocycles. The van der Waals surface area contributed by atoms with Crippen LogP contribution in [0.1, 0.15) is 25.1 Å². The second kappa shape index (κ2) is 8.22. The third-order valence-corrected chi connectivity index (χ3v) is 3.36. The zero-order valence-corrected chi connectivity index (χ0v) is 13.8. The molecule has 1 N–H and O–H groups in total. The summed E-state index contributed by atoms with van der Waals surface area (Å²) >= 11 is 0. The lowest BCUT2D eigenvalue weighted by atomic mass is 10.1. The molecule has 23 heavy (non-hydrogen) atoms. The number of amides is 1. The number of rotatable bonds is 8. The molecule has 1 amide bonds. The van der Waals surface area contributed by atoms with Gasteiger partial charge < -0.3 is 14.8 Å². The van der Waals surface area contributed by atoms with E-state index in [4.69, 9.17) is 9.47 Å². The van der Waals surface area contributed by atoms with Gasteiger partial charge in [-0.2, -0.15) is 5.10 Å². The molecule has 0 aliphatic carbocycles. The molecule has 0 unspecified atom stereocenters. The van der Waals surface area contributed by atoms with Crippen LogP contribution in [0.5, 0.6) is 11.5 Å². The smallest absolute Gasteiger partial charge is 0.224 e. The van der Waals surface area contributed by atoms with E-state index < -0.39 is 0 Å². The highest BCUT2D eigenvalue weighted by Gasteiger charge is 2.10. The second-order valence-corrected chi connectivity index (χ2v) is 5.05. The molecule has 6 heteroatoms. The van der Waals surface area contributed by atoms with Gasteiger partial charge in [-0.15, -0.1) is 0 Å². The molecule has 0 saturated carbocycles. The van der Waals surface area contributed by atoms with Gasteiger partial charge in [0.05, 0.1) is 31.9 Å². The number of carbonyl (C=O) groups is 1. The zero-order chi connectivity index (χ0) is 16.7. The maximum absolute atomic E-state index is 12.1. The highest BCUT2D eigenvalue weighted by molar-refractivity contribution is 5.78. The zero-order valence-electron chi connectivity index (χ0n) is 13.8. The van der Waals surface area contributed by atoms with Gasteiger partial charge >= 0.3 is 0 Å². The van der Waals surface area contributed by atoms with Gasteiger partial charge in [-0.05, 0) is 37.6 Å². The molecule has 0 spiro atoms. The average Bonchev–Trinajstić information content (AvgIpc) is 2.93. The van der Waals surface area contributed by atoms with Crippen LogP contribution in [0.2, 0.25) is 0 Å². The van der Waals surface area contributed by atoms with Gasteiger partial charge in [0.1, 0.15) is 0 Å². The van der Waals surface area contributed by atoms with E-state index in [0.29, 0.717) is 37.7 Å². The summed E-state index contributed by atoms with van der Waals surface area (Å²) in [6.45, 7) is 5.43. The Balaban J connectivity index is 1.97. The van der Waals surface area contributed by atoms with Crippen molar-refractivity contribution < 1.29 is 14.3 Å². The maximum Gasteiger partial charge on any atom is 0.224 e. The van der Waals surface area contributed by atoms with E-state index in [1.807, 2.05) is 45.2 Å². The van der Waals surface area contributed by atoms with Crippen LogP contribution in [-0.4, -0.2) is 28.9 Å². The van der Waals surface area contributed by atoms with E-state index in [9.17, 15) is 4.79 Å². The van der Waals surface area contributed by atoms with Crippen LogP contribution in [0.3, 0.4) is 0 Å². The third-order valence-electron chi connectivity index (χ3n) is 3.36. The van der Waals surface area contributed by atoms with Crippen LogP contribution in [0, 0.1) is 0 Å². The molecule has 2 aromatic rings. The molecule has 0 saturated heterocycles. The molecule has 124 valence electrons. The summed E-state index contributed by atoms with van der Waals surface area (Å²) in [5.74, 6) is 1.33. The molecular weight excluding hydrogens is 294 g/mol. The molecular formula is C17H23N3O3. The number of carbonyl (C=O) groups excluding carboxylic acids is 1. The van der Waals surface area contributed by atoms with Crippen molar-refractivity contribution in [2.24, 2.45) is 7.05 Å². The Labute approximate surface area is 136 Å². The third kappa shape index (κ3) is 4.74. The summed E-state index contributed by atoms with van der Waals surface area (Å²) in [5.41, 5.74) is 1.85. The van der Waals surface area contributed by atoms with Crippen molar-refractivity contribution in [3.8, 4) is 11.5 Å². The second-order valence-electron chi connectivity index (χ2n) is 5.05. The summed E-state index contributed by atoms with van der Waals surface area (Å²) in [5, 5.41) is 6.97. The van der Waals surface area contributed by atoms with Crippen molar-refractivity contribution in [1.82, 2.24) is 15.1 Å². The Hall–Kier alpha value is -2.50. The summed E-state index contributed by atoms with van der Waals surface area (Å²) in [7, 11) is 1.85. The van der Waals surface area contributed by atoms with Gasteiger partial charge in [-0.3, -0.25) is 9.48 Å². The van der Waals surface area contributed by atoms with Crippen molar-refractivity contribution in [1.29, 1.82) is 0 Å². The van der Waals surface area contributed by atoms with Gasteiger partial charge in [0.15, 0.2) is 11.5 Å². The summed E-state index contributed by atoms with van der Waals surface area (Å²) in [6, 6.07) is 7.47. The predicted octanol–water partition coefficient (Wildman–Crippen LogP) is 2.08. The fraction of sp³-hybridized carbons (Fsp3) is 0.412. The van der Waals surface area contributed by atoms with Gasteiger partial charge in [-0.25, -0.2) is 0 Å². The summed E-state index contributed by atoms with van der Waals surface area (Å²) in [4.78, 5) is 12.1. The van der Waals surface area contributed by atoms with Crippen molar-refractivity contribution >= 4 is 5.91 Å². The van der Waals surface area contributed by atoms with Crippen LogP contribution in [0.25, 0.3) is 0 Å². The largest absolute Gasteiger partial charge is 0.490 e. The van der Waals surface area contributed by atoms with E-state index in [2.05, 4.69) is 10.4 Å². The minimum absolute atomic E-state index is 0.0437. The Morgan fingerprint density at radius 1 is 1.17 bits per heavy atom. The topological polar surface area (TPSA) is 65.4 Å². The Morgan fingerprint density at radius 3 is 2.57 bits per heavy atom. The molecule has 0 radical (unpaired) electrons. The maximum atomic E-state index is 12.1. The normalized spacial score (nSPS) is 10.4. The van der Waals surface area contributed by atoms with Gasteiger partial charge in [0, 0.05) is 13.2 Å². The fourth-order valence-corrected chi connectivity index (χ4v) is 2.22. The highest BCUT2D eigenvalue weighted by Crippen LogP contribution is 2.28. The number of ether oxygens (including phenoxy) is 2. The first-order valence-corrected chi connectivity index (χ1v) is 7.76. The Kier molecular flexibility index (Phi) is 6.02. The Bertz CT molecular complexity index is 652. The number of nitrogens with one attached hydrogen (secondary N) is 1. The first-order chi connectivity index (χ1) is 11.1. The minimum atomic E-state index is -0.0437. The monoisotopic (exact) mass is 317 g/mol. The van der Waals surface area contributed by atoms with Crippen LogP contribution in [0.15, 0.2) is 30.5 Å². The molecule has 0 atom stereocenters.